The lowest BCUT2D eigenvalue weighted by molar-refractivity contribution is -0.123. The summed E-state index contributed by atoms with van der Waals surface area (Å²) >= 11 is 0. The summed E-state index contributed by atoms with van der Waals surface area (Å²) in [4.78, 5) is 24.5. The van der Waals surface area contributed by atoms with Crippen LogP contribution in [0.3, 0.4) is 0 Å². The number of hydrogen-bond donors (Lipinski definition) is 1. The van der Waals surface area contributed by atoms with Crippen LogP contribution < -0.4 is 14.8 Å². The number of carbonyl (C=O) groups is 2. The Morgan fingerprint density at radius 3 is 2.60 bits per heavy atom. The van der Waals surface area contributed by atoms with Crippen molar-refractivity contribution < 1.29 is 23.8 Å². The highest BCUT2D eigenvalue weighted by Gasteiger charge is 2.20. The molecule has 1 amide bonds. The fourth-order valence-electron chi connectivity index (χ4n) is 2.12. The molecule has 0 aliphatic heterocycles. The first-order valence-corrected chi connectivity index (χ1v) is 7.93. The number of anilines is 1. The van der Waals surface area contributed by atoms with Gasteiger partial charge in [0.2, 0.25) is 0 Å². The molecule has 0 aromatic heterocycles. The predicted octanol–water partition coefficient (Wildman–Crippen LogP) is 3.28. The van der Waals surface area contributed by atoms with Crippen LogP contribution in [0.25, 0.3) is 0 Å². The number of nitrogens with one attached hydrogen (secondary N) is 1. The average Bonchev–Trinajstić information content (AvgIpc) is 2.63. The van der Waals surface area contributed by atoms with Crippen LogP contribution in [0.2, 0.25) is 0 Å². The van der Waals surface area contributed by atoms with E-state index in [1.807, 2.05) is 13.0 Å². The minimum atomic E-state index is -0.964. The summed E-state index contributed by atoms with van der Waals surface area (Å²) in [5.74, 6) is 0.0601. The highest BCUT2D eigenvalue weighted by Crippen LogP contribution is 2.24. The molecule has 0 bridgehead atoms. The van der Waals surface area contributed by atoms with Crippen LogP contribution in [0.5, 0.6) is 11.5 Å². The fraction of sp³-hybridized carbons (Fsp3) is 0.263. The van der Waals surface area contributed by atoms with Gasteiger partial charge in [-0.2, -0.15) is 0 Å². The fourth-order valence-corrected chi connectivity index (χ4v) is 2.12. The summed E-state index contributed by atoms with van der Waals surface area (Å²) in [6.45, 7) is 3.85. The van der Waals surface area contributed by atoms with E-state index in [1.165, 1.54) is 14.0 Å². The van der Waals surface area contributed by atoms with E-state index in [1.54, 1.807) is 42.5 Å². The third-order valence-electron chi connectivity index (χ3n) is 3.40. The van der Waals surface area contributed by atoms with Crippen LogP contribution in [0, 0.1) is 0 Å². The minimum absolute atomic E-state index is 0.314. The van der Waals surface area contributed by atoms with Gasteiger partial charge in [0, 0.05) is 0 Å². The summed E-state index contributed by atoms with van der Waals surface area (Å²) < 4.78 is 15.8. The number of methoxy groups -OCH3 is 1. The van der Waals surface area contributed by atoms with Gasteiger partial charge in [-0.1, -0.05) is 18.2 Å². The average molecular weight is 343 g/mol. The standard InChI is InChI=1S/C19H21NO5/c1-4-24-17-11-6-5-10-16(17)20-18(21)13(2)25-19(22)14-8-7-9-15(12-14)23-3/h5-13H,4H2,1-3H3,(H,20,21)/t13-/m0/s1. The topological polar surface area (TPSA) is 73.9 Å². The van der Waals surface area contributed by atoms with Crippen LogP contribution in [-0.2, 0) is 9.53 Å². The number of amides is 1. The SMILES string of the molecule is CCOc1ccccc1NC(=O)[C@H](C)OC(=O)c1cccc(OC)c1. The van der Waals surface area contributed by atoms with Crippen LogP contribution in [0.1, 0.15) is 24.2 Å². The van der Waals surface area contributed by atoms with Gasteiger partial charge < -0.3 is 19.5 Å². The first kappa shape index (κ1) is 18.3. The number of benzene rings is 2. The number of carbonyl (C=O) groups excluding carboxylic acids is 2. The van der Waals surface area contributed by atoms with E-state index in [4.69, 9.17) is 14.2 Å². The van der Waals surface area contributed by atoms with Gasteiger partial charge in [0.1, 0.15) is 11.5 Å². The van der Waals surface area contributed by atoms with Crippen LogP contribution in [0.15, 0.2) is 48.5 Å². The van der Waals surface area contributed by atoms with Crippen molar-refractivity contribution in [3.05, 3.63) is 54.1 Å². The molecule has 6 heteroatoms. The molecule has 6 nitrogen and oxygen atoms in total. The van der Waals surface area contributed by atoms with Gasteiger partial charge in [-0.15, -0.1) is 0 Å². The van der Waals surface area contributed by atoms with Crippen molar-refractivity contribution in [1.29, 1.82) is 0 Å². The Hall–Kier alpha value is -3.02. The Kier molecular flexibility index (Phi) is 6.39. The maximum atomic E-state index is 12.3. The number of ether oxygens (including phenoxy) is 3. The van der Waals surface area contributed by atoms with Crippen LogP contribution >= 0.6 is 0 Å². The molecule has 2 aromatic rings. The molecule has 0 aliphatic carbocycles. The number of rotatable bonds is 7. The third-order valence-corrected chi connectivity index (χ3v) is 3.40. The Bertz CT molecular complexity index is 744. The normalized spacial score (nSPS) is 11.3. The molecule has 0 heterocycles. The molecule has 1 N–H and O–H groups in total. The maximum Gasteiger partial charge on any atom is 0.339 e. The molecule has 2 rings (SSSR count). The lowest BCUT2D eigenvalue weighted by Gasteiger charge is -2.15. The van der Waals surface area contributed by atoms with Gasteiger partial charge in [0.15, 0.2) is 6.10 Å². The highest BCUT2D eigenvalue weighted by molar-refractivity contribution is 5.98. The molecule has 0 saturated heterocycles. The van der Waals surface area contributed by atoms with E-state index < -0.39 is 18.0 Å². The smallest absolute Gasteiger partial charge is 0.339 e. The van der Waals surface area contributed by atoms with E-state index in [0.29, 0.717) is 29.4 Å². The molecular weight excluding hydrogens is 322 g/mol. The molecule has 0 radical (unpaired) electrons. The molecule has 132 valence electrons. The molecule has 0 fully saturated rings. The van der Waals surface area contributed by atoms with Crippen LogP contribution in [-0.4, -0.2) is 31.7 Å². The zero-order valence-corrected chi connectivity index (χ0v) is 14.4. The van der Waals surface area contributed by atoms with E-state index in [-0.39, 0.29) is 0 Å². The van der Waals surface area contributed by atoms with Crippen LogP contribution in [0.4, 0.5) is 5.69 Å². The minimum Gasteiger partial charge on any atom is -0.497 e. The van der Waals surface area contributed by atoms with Gasteiger partial charge in [-0.05, 0) is 44.2 Å². The summed E-state index contributed by atoms with van der Waals surface area (Å²) in [6, 6.07) is 13.6. The molecule has 25 heavy (non-hydrogen) atoms. The van der Waals surface area contributed by atoms with Gasteiger partial charge in [0.05, 0.1) is 25.0 Å². The zero-order chi connectivity index (χ0) is 18.2. The monoisotopic (exact) mass is 343 g/mol. The van der Waals surface area contributed by atoms with E-state index >= 15 is 0 Å². The van der Waals surface area contributed by atoms with E-state index in [0.717, 1.165) is 0 Å². The van der Waals surface area contributed by atoms with Gasteiger partial charge in [-0.25, -0.2) is 4.79 Å². The van der Waals surface area contributed by atoms with Crippen molar-refractivity contribution in [3.8, 4) is 11.5 Å². The third kappa shape index (κ3) is 4.97. The van der Waals surface area contributed by atoms with Crippen molar-refractivity contribution in [3.63, 3.8) is 0 Å². The lowest BCUT2D eigenvalue weighted by Crippen LogP contribution is -2.30. The quantitative estimate of drug-likeness (QED) is 0.781. The first-order chi connectivity index (χ1) is 12.0. The largest absolute Gasteiger partial charge is 0.497 e. The van der Waals surface area contributed by atoms with Crippen molar-refractivity contribution in [1.82, 2.24) is 0 Å². The molecule has 2 aromatic carbocycles. The highest BCUT2D eigenvalue weighted by atomic mass is 16.5. The zero-order valence-electron chi connectivity index (χ0n) is 14.4. The Morgan fingerprint density at radius 1 is 1.12 bits per heavy atom. The van der Waals surface area contributed by atoms with Crippen molar-refractivity contribution in [2.24, 2.45) is 0 Å². The predicted molar refractivity (Wildman–Crippen MR) is 94.1 cm³/mol. The number of esters is 1. The summed E-state index contributed by atoms with van der Waals surface area (Å²) in [6.07, 6.45) is -0.964. The van der Waals surface area contributed by atoms with Gasteiger partial charge in [-0.3, -0.25) is 4.79 Å². The van der Waals surface area contributed by atoms with E-state index in [2.05, 4.69) is 5.32 Å². The lowest BCUT2D eigenvalue weighted by atomic mass is 10.2. The number of hydrogen-bond acceptors (Lipinski definition) is 5. The van der Waals surface area contributed by atoms with Crippen molar-refractivity contribution in [2.45, 2.75) is 20.0 Å². The first-order valence-electron chi connectivity index (χ1n) is 7.93. The molecule has 0 unspecified atom stereocenters. The second kappa shape index (κ2) is 8.73. The summed E-state index contributed by atoms with van der Waals surface area (Å²) in [5.41, 5.74) is 0.840. The molecule has 0 spiro atoms. The molecule has 1 atom stereocenters. The Labute approximate surface area is 146 Å². The second-order valence-corrected chi connectivity index (χ2v) is 5.20. The van der Waals surface area contributed by atoms with E-state index in [9.17, 15) is 9.59 Å². The van der Waals surface area contributed by atoms with Gasteiger partial charge in [0.25, 0.3) is 5.91 Å². The maximum absolute atomic E-state index is 12.3. The van der Waals surface area contributed by atoms with Crippen molar-refractivity contribution in [2.75, 3.05) is 19.0 Å². The Balaban J connectivity index is 2.01. The molecule has 0 aliphatic rings. The molecular formula is C19H21NO5. The Morgan fingerprint density at radius 2 is 1.88 bits per heavy atom. The second-order valence-electron chi connectivity index (χ2n) is 5.20. The number of para-hydroxylation sites is 2. The molecule has 0 saturated carbocycles. The van der Waals surface area contributed by atoms with Gasteiger partial charge >= 0.3 is 5.97 Å². The van der Waals surface area contributed by atoms with Crippen molar-refractivity contribution >= 4 is 17.6 Å². The summed E-state index contributed by atoms with van der Waals surface area (Å²) in [7, 11) is 1.51. The summed E-state index contributed by atoms with van der Waals surface area (Å²) in [5, 5.41) is 2.71.